The van der Waals surface area contributed by atoms with E-state index in [1.165, 1.54) is 0 Å². The number of thioether (sulfide) groups is 1. The molecule has 1 aromatic carbocycles. The number of halogens is 1. The number of benzene rings is 1. The Balaban J connectivity index is 1.92. The number of aromatic nitrogens is 1. The molecule has 0 fully saturated rings. The molecule has 21 heavy (non-hydrogen) atoms. The number of pyridine rings is 1. The van der Waals surface area contributed by atoms with Crippen molar-refractivity contribution in [3.05, 3.63) is 53.2 Å². The molecule has 1 aromatic heterocycles. The summed E-state index contributed by atoms with van der Waals surface area (Å²) in [7, 11) is 0. The van der Waals surface area contributed by atoms with Gasteiger partial charge in [-0.25, -0.2) is 4.98 Å². The van der Waals surface area contributed by atoms with E-state index in [-0.39, 0.29) is 12.3 Å². The Morgan fingerprint density at radius 3 is 2.81 bits per heavy atom. The maximum absolute atomic E-state index is 11.3. The molecule has 0 atom stereocenters. The molecule has 0 unspecified atom stereocenters. The van der Waals surface area contributed by atoms with E-state index in [1.54, 1.807) is 30.1 Å². The lowest BCUT2D eigenvalue weighted by Gasteiger charge is -2.05. The van der Waals surface area contributed by atoms with E-state index in [1.807, 2.05) is 30.3 Å². The van der Waals surface area contributed by atoms with Crippen LogP contribution in [-0.4, -0.2) is 10.9 Å². The van der Waals surface area contributed by atoms with Gasteiger partial charge >= 0.3 is 0 Å². The number of nitriles is 1. The number of carbonyl (C=O) groups excluding carboxylic acids is 1. The van der Waals surface area contributed by atoms with E-state index in [4.69, 9.17) is 16.9 Å². The van der Waals surface area contributed by atoms with Gasteiger partial charge in [0.2, 0.25) is 5.91 Å². The van der Waals surface area contributed by atoms with Crippen LogP contribution in [0.5, 0.6) is 0 Å². The predicted molar refractivity (Wildman–Crippen MR) is 84.1 cm³/mol. The molecule has 1 heterocycles. The summed E-state index contributed by atoms with van der Waals surface area (Å²) in [6.45, 7) is 0. The van der Waals surface area contributed by atoms with Crippen molar-refractivity contribution in [1.82, 2.24) is 4.98 Å². The highest BCUT2D eigenvalue weighted by Gasteiger charge is 2.04. The van der Waals surface area contributed by atoms with Gasteiger partial charge in [0.05, 0.1) is 6.07 Å². The summed E-state index contributed by atoms with van der Waals surface area (Å²) in [6.07, 6.45) is 1.51. The van der Waals surface area contributed by atoms with Crippen molar-refractivity contribution in [1.29, 1.82) is 5.26 Å². The zero-order valence-corrected chi connectivity index (χ0v) is 12.6. The number of hydrogen-bond acceptors (Lipinski definition) is 4. The molecule has 0 saturated heterocycles. The number of carbonyl (C=O) groups is 1. The normalized spacial score (nSPS) is 9.90. The van der Waals surface area contributed by atoms with Crippen molar-refractivity contribution in [2.45, 2.75) is 17.1 Å². The first-order valence-electron chi connectivity index (χ1n) is 6.18. The summed E-state index contributed by atoms with van der Waals surface area (Å²) in [4.78, 5) is 16.4. The van der Waals surface area contributed by atoms with Gasteiger partial charge in [0.15, 0.2) is 0 Å². The van der Waals surface area contributed by atoms with Crippen LogP contribution in [0.25, 0.3) is 0 Å². The number of nitrogens with zero attached hydrogens (tertiary/aromatic N) is 2. The summed E-state index contributed by atoms with van der Waals surface area (Å²) in [5.74, 6) is 0.834. The van der Waals surface area contributed by atoms with Gasteiger partial charge in [-0.3, -0.25) is 4.79 Å². The van der Waals surface area contributed by atoms with E-state index in [0.717, 1.165) is 21.2 Å². The molecule has 0 radical (unpaired) electrons. The van der Waals surface area contributed by atoms with Crippen LogP contribution in [-0.2, 0) is 10.5 Å². The fourth-order valence-corrected chi connectivity index (χ4v) is 2.72. The van der Waals surface area contributed by atoms with Crippen LogP contribution in [0.4, 0.5) is 5.82 Å². The minimum absolute atomic E-state index is 0.176. The maximum atomic E-state index is 11.3. The first kappa shape index (κ1) is 15.4. The molecular formula is C15H12ClN3OS. The van der Waals surface area contributed by atoms with Crippen molar-refractivity contribution in [2.75, 3.05) is 5.32 Å². The number of rotatable bonds is 5. The second-order valence-corrected chi connectivity index (χ2v) is 5.60. The van der Waals surface area contributed by atoms with Gasteiger partial charge in [-0.15, -0.1) is 11.8 Å². The van der Waals surface area contributed by atoms with Gasteiger partial charge in [-0.05, 0) is 23.8 Å². The van der Waals surface area contributed by atoms with Crippen molar-refractivity contribution in [3.8, 4) is 6.07 Å². The molecule has 0 spiro atoms. The molecule has 2 rings (SSSR count). The quantitative estimate of drug-likeness (QED) is 0.850. The lowest BCUT2D eigenvalue weighted by atomic mass is 10.2. The zero-order chi connectivity index (χ0) is 15.1. The number of anilines is 1. The minimum Gasteiger partial charge on any atom is -0.310 e. The van der Waals surface area contributed by atoms with Crippen molar-refractivity contribution in [3.63, 3.8) is 0 Å². The van der Waals surface area contributed by atoms with E-state index in [9.17, 15) is 4.79 Å². The highest BCUT2D eigenvalue weighted by Crippen LogP contribution is 2.26. The largest absolute Gasteiger partial charge is 0.310 e. The van der Waals surface area contributed by atoms with Crippen molar-refractivity contribution < 1.29 is 4.79 Å². The Morgan fingerprint density at radius 2 is 2.14 bits per heavy atom. The van der Waals surface area contributed by atoms with Crippen LogP contribution in [0.1, 0.15) is 12.0 Å². The average Bonchev–Trinajstić information content (AvgIpc) is 2.48. The third-order valence-electron chi connectivity index (χ3n) is 2.60. The van der Waals surface area contributed by atoms with Gasteiger partial charge in [0.25, 0.3) is 0 Å². The average molecular weight is 318 g/mol. The molecule has 0 aliphatic rings. The first-order chi connectivity index (χ1) is 10.2. The smallest absolute Gasteiger partial charge is 0.239 e. The lowest BCUT2D eigenvalue weighted by molar-refractivity contribution is -0.115. The fraction of sp³-hybridized carbons (Fsp3) is 0.133. The fourth-order valence-electron chi connectivity index (χ4n) is 1.57. The monoisotopic (exact) mass is 317 g/mol. The van der Waals surface area contributed by atoms with Crippen LogP contribution in [0.2, 0.25) is 5.02 Å². The highest BCUT2D eigenvalue weighted by molar-refractivity contribution is 7.98. The van der Waals surface area contributed by atoms with E-state index in [2.05, 4.69) is 10.3 Å². The third-order valence-corrected chi connectivity index (χ3v) is 3.99. The van der Waals surface area contributed by atoms with Crippen LogP contribution in [0.15, 0.2) is 47.5 Å². The molecule has 0 bridgehead atoms. The standard InChI is InChI=1S/C15H12ClN3OS/c16-13-4-2-1-3-11(13)10-21-12-5-6-14(18-9-12)19-15(20)7-8-17/h1-6,9H,7,10H2,(H,18,19,20). The van der Waals surface area contributed by atoms with Gasteiger partial charge in [-0.1, -0.05) is 29.8 Å². The molecule has 6 heteroatoms. The molecule has 0 aliphatic carbocycles. The van der Waals surface area contributed by atoms with E-state index < -0.39 is 0 Å². The van der Waals surface area contributed by atoms with Crippen LogP contribution < -0.4 is 5.32 Å². The second-order valence-electron chi connectivity index (χ2n) is 4.14. The minimum atomic E-state index is -0.360. The molecule has 0 saturated carbocycles. The summed E-state index contributed by atoms with van der Waals surface area (Å²) >= 11 is 7.71. The SMILES string of the molecule is N#CCC(=O)Nc1ccc(SCc2ccccc2Cl)cn1. The maximum Gasteiger partial charge on any atom is 0.239 e. The van der Waals surface area contributed by atoms with Crippen molar-refractivity contribution >= 4 is 35.1 Å². The Kier molecular flexibility index (Phi) is 5.61. The lowest BCUT2D eigenvalue weighted by Crippen LogP contribution is -2.11. The van der Waals surface area contributed by atoms with Gasteiger partial charge in [-0.2, -0.15) is 5.26 Å². The van der Waals surface area contributed by atoms with Gasteiger partial charge in [0.1, 0.15) is 12.2 Å². The number of amides is 1. The number of nitrogens with one attached hydrogen (secondary N) is 1. The first-order valence-corrected chi connectivity index (χ1v) is 7.54. The topological polar surface area (TPSA) is 65.8 Å². The van der Waals surface area contributed by atoms with Crippen LogP contribution in [0, 0.1) is 11.3 Å². The van der Waals surface area contributed by atoms with E-state index in [0.29, 0.717) is 5.82 Å². The molecule has 1 amide bonds. The number of hydrogen-bond donors (Lipinski definition) is 1. The van der Waals surface area contributed by atoms with E-state index >= 15 is 0 Å². The second kappa shape index (κ2) is 7.67. The van der Waals surface area contributed by atoms with Gasteiger partial charge in [0, 0.05) is 21.9 Å². The third kappa shape index (κ3) is 4.78. The Hall–Kier alpha value is -2.03. The molecule has 0 aliphatic heterocycles. The Bertz CT molecular complexity index is 667. The van der Waals surface area contributed by atoms with Crippen LogP contribution >= 0.6 is 23.4 Å². The summed E-state index contributed by atoms with van der Waals surface area (Å²) in [5.41, 5.74) is 1.07. The zero-order valence-electron chi connectivity index (χ0n) is 11.0. The molecule has 106 valence electrons. The summed E-state index contributed by atoms with van der Waals surface area (Å²) < 4.78 is 0. The van der Waals surface area contributed by atoms with Gasteiger partial charge < -0.3 is 5.32 Å². The Morgan fingerprint density at radius 1 is 1.33 bits per heavy atom. The summed E-state index contributed by atoms with van der Waals surface area (Å²) in [6, 6.07) is 13.1. The molecule has 4 nitrogen and oxygen atoms in total. The Labute approximate surface area is 132 Å². The predicted octanol–water partition coefficient (Wildman–Crippen LogP) is 3.88. The molecule has 1 N–H and O–H groups in total. The summed E-state index contributed by atoms with van der Waals surface area (Å²) in [5, 5.41) is 11.7. The molecular weight excluding hydrogens is 306 g/mol. The van der Waals surface area contributed by atoms with Crippen LogP contribution in [0.3, 0.4) is 0 Å². The molecule has 2 aromatic rings. The van der Waals surface area contributed by atoms with Crippen molar-refractivity contribution in [2.24, 2.45) is 0 Å². The highest BCUT2D eigenvalue weighted by atomic mass is 35.5.